The van der Waals surface area contributed by atoms with Gasteiger partial charge in [-0.25, -0.2) is 13.8 Å². The SMILES string of the molecule is C/C(=N/NC(=O)c1cc2c(s1)CCC(C)C2)c1ccc(S(=O)(=O)NCC(=O)O)cc1. The van der Waals surface area contributed by atoms with E-state index in [0.29, 0.717) is 22.1 Å². The van der Waals surface area contributed by atoms with Crippen LogP contribution in [0.4, 0.5) is 0 Å². The van der Waals surface area contributed by atoms with Crippen molar-refractivity contribution in [1.29, 1.82) is 0 Å². The van der Waals surface area contributed by atoms with Gasteiger partial charge in [0.25, 0.3) is 5.91 Å². The number of nitrogens with zero attached hydrogens (tertiary/aromatic N) is 1. The summed E-state index contributed by atoms with van der Waals surface area (Å²) in [6, 6.07) is 7.75. The summed E-state index contributed by atoms with van der Waals surface area (Å²) in [5, 5.41) is 12.7. The molecule has 0 bridgehead atoms. The molecule has 8 nitrogen and oxygen atoms in total. The van der Waals surface area contributed by atoms with Crippen LogP contribution in [0.15, 0.2) is 40.3 Å². The molecule has 0 saturated carbocycles. The second kappa shape index (κ2) is 9.07. The summed E-state index contributed by atoms with van der Waals surface area (Å²) in [7, 11) is -3.90. The van der Waals surface area contributed by atoms with Gasteiger partial charge in [-0.1, -0.05) is 19.1 Å². The first-order valence-electron chi connectivity index (χ1n) is 9.44. The molecule has 2 aromatic rings. The number of hydrazone groups is 1. The van der Waals surface area contributed by atoms with Gasteiger partial charge in [0.05, 0.1) is 15.5 Å². The lowest BCUT2D eigenvalue weighted by molar-refractivity contribution is -0.135. The maximum absolute atomic E-state index is 12.4. The molecule has 3 N–H and O–H groups in total. The Labute approximate surface area is 179 Å². The summed E-state index contributed by atoms with van der Waals surface area (Å²) < 4.78 is 26.1. The largest absolute Gasteiger partial charge is 0.480 e. The Kier molecular flexibility index (Phi) is 6.69. The molecule has 0 saturated heterocycles. The smallest absolute Gasteiger partial charge is 0.318 e. The van der Waals surface area contributed by atoms with Gasteiger partial charge in [0.15, 0.2) is 0 Å². The average molecular weight is 450 g/mol. The molecular weight excluding hydrogens is 426 g/mol. The topological polar surface area (TPSA) is 125 Å². The molecule has 160 valence electrons. The van der Waals surface area contributed by atoms with Gasteiger partial charge in [-0.3, -0.25) is 9.59 Å². The van der Waals surface area contributed by atoms with Gasteiger partial charge in [-0.15, -0.1) is 11.3 Å². The van der Waals surface area contributed by atoms with E-state index in [2.05, 4.69) is 17.5 Å². The number of rotatable bonds is 7. The molecule has 1 aliphatic rings. The molecule has 1 aliphatic carbocycles. The zero-order valence-corrected chi connectivity index (χ0v) is 18.3. The molecule has 1 amide bonds. The first-order valence-corrected chi connectivity index (χ1v) is 11.7. The average Bonchev–Trinajstić information content (AvgIpc) is 3.13. The van der Waals surface area contributed by atoms with Gasteiger partial charge in [-0.2, -0.15) is 9.82 Å². The van der Waals surface area contributed by atoms with Gasteiger partial charge in [0.2, 0.25) is 10.0 Å². The molecule has 0 fully saturated rings. The third kappa shape index (κ3) is 5.32. The van der Waals surface area contributed by atoms with Crippen LogP contribution in [-0.2, 0) is 27.7 Å². The number of amides is 1. The van der Waals surface area contributed by atoms with Gasteiger partial charge in [-0.05, 0) is 61.4 Å². The molecule has 3 rings (SSSR count). The first kappa shape index (κ1) is 22.1. The van der Waals surface area contributed by atoms with Gasteiger partial charge in [0, 0.05) is 4.88 Å². The predicted octanol–water partition coefficient (Wildman–Crippen LogP) is 2.39. The maximum Gasteiger partial charge on any atom is 0.318 e. The molecule has 0 radical (unpaired) electrons. The Morgan fingerprint density at radius 2 is 1.97 bits per heavy atom. The number of hydrogen-bond acceptors (Lipinski definition) is 6. The van der Waals surface area contributed by atoms with Crippen molar-refractivity contribution in [2.45, 2.75) is 38.0 Å². The van der Waals surface area contributed by atoms with Crippen LogP contribution in [0.2, 0.25) is 0 Å². The van der Waals surface area contributed by atoms with Gasteiger partial charge >= 0.3 is 5.97 Å². The minimum absolute atomic E-state index is 0.0530. The zero-order chi connectivity index (χ0) is 21.9. The zero-order valence-electron chi connectivity index (χ0n) is 16.6. The van der Waals surface area contributed by atoms with E-state index in [1.54, 1.807) is 19.1 Å². The molecule has 1 unspecified atom stereocenters. The fraction of sp³-hybridized carbons (Fsp3) is 0.350. The van der Waals surface area contributed by atoms with E-state index in [1.165, 1.54) is 33.9 Å². The summed E-state index contributed by atoms with van der Waals surface area (Å²) in [5.74, 6) is -0.900. The number of aryl methyl sites for hydroxylation is 1. The second-order valence-corrected chi connectivity index (χ2v) is 10.2. The number of aliphatic carboxylic acids is 1. The Balaban J connectivity index is 1.65. The predicted molar refractivity (Wildman–Crippen MR) is 114 cm³/mol. The summed E-state index contributed by atoms with van der Waals surface area (Å²) in [6.07, 6.45) is 3.15. The van der Waals surface area contributed by atoms with Crippen LogP contribution >= 0.6 is 11.3 Å². The highest BCUT2D eigenvalue weighted by Crippen LogP contribution is 2.32. The van der Waals surface area contributed by atoms with Crippen molar-refractivity contribution >= 4 is 38.9 Å². The number of carboxylic acids is 1. The van der Waals surface area contributed by atoms with Crippen molar-refractivity contribution in [1.82, 2.24) is 10.1 Å². The molecule has 0 aliphatic heterocycles. The van der Waals surface area contributed by atoms with Gasteiger partial charge < -0.3 is 5.11 Å². The Hall–Kier alpha value is -2.56. The van der Waals surface area contributed by atoms with E-state index in [1.807, 2.05) is 10.8 Å². The normalized spacial score (nSPS) is 16.7. The number of fused-ring (bicyclic) bond motifs is 1. The van der Waals surface area contributed by atoms with Crippen LogP contribution in [0.1, 0.15) is 45.9 Å². The molecule has 10 heteroatoms. The lowest BCUT2D eigenvalue weighted by Crippen LogP contribution is -2.29. The molecule has 1 heterocycles. The number of sulfonamides is 1. The van der Waals surface area contributed by atoms with Gasteiger partial charge in [0.1, 0.15) is 6.54 Å². The number of carbonyl (C=O) groups is 2. The number of carboxylic acid groups (broad SMARTS) is 1. The third-order valence-corrected chi connectivity index (χ3v) is 7.53. The number of carbonyl (C=O) groups excluding carboxylic acids is 1. The monoisotopic (exact) mass is 449 g/mol. The molecule has 1 atom stereocenters. The van der Waals surface area contributed by atoms with Crippen LogP contribution in [0.25, 0.3) is 0 Å². The first-order chi connectivity index (χ1) is 14.2. The molecule has 1 aromatic carbocycles. The highest BCUT2D eigenvalue weighted by Gasteiger charge is 2.20. The Morgan fingerprint density at radius 3 is 2.63 bits per heavy atom. The van der Waals surface area contributed by atoms with Crippen molar-refractivity contribution in [3.63, 3.8) is 0 Å². The van der Waals surface area contributed by atoms with Crippen molar-refractivity contribution in [2.24, 2.45) is 11.0 Å². The van der Waals surface area contributed by atoms with Crippen LogP contribution in [-0.4, -0.2) is 37.7 Å². The highest BCUT2D eigenvalue weighted by atomic mass is 32.2. The lowest BCUT2D eigenvalue weighted by atomic mass is 9.90. The molecule has 1 aromatic heterocycles. The molecule has 0 spiro atoms. The molecule has 30 heavy (non-hydrogen) atoms. The van der Waals surface area contributed by atoms with Crippen molar-refractivity contribution in [2.75, 3.05) is 6.54 Å². The summed E-state index contributed by atoms with van der Waals surface area (Å²) >= 11 is 1.51. The van der Waals surface area contributed by atoms with E-state index in [-0.39, 0.29) is 10.8 Å². The van der Waals surface area contributed by atoms with E-state index in [4.69, 9.17) is 5.11 Å². The van der Waals surface area contributed by atoms with Crippen LogP contribution in [0.5, 0.6) is 0 Å². The van der Waals surface area contributed by atoms with Crippen LogP contribution in [0, 0.1) is 5.92 Å². The summed E-state index contributed by atoms with van der Waals surface area (Å²) in [4.78, 5) is 24.8. The van der Waals surface area contributed by atoms with Crippen molar-refractivity contribution < 1.29 is 23.1 Å². The number of thiophene rings is 1. The third-order valence-electron chi connectivity index (χ3n) is 4.87. The summed E-state index contributed by atoms with van der Waals surface area (Å²) in [5.41, 5.74) is 4.95. The van der Waals surface area contributed by atoms with Crippen LogP contribution < -0.4 is 10.1 Å². The Morgan fingerprint density at radius 1 is 1.27 bits per heavy atom. The minimum Gasteiger partial charge on any atom is -0.480 e. The standard InChI is InChI=1S/C20H23N3O5S2/c1-12-3-8-17-15(9-12)10-18(29-17)20(26)23-22-13(2)14-4-6-16(7-5-14)30(27,28)21-11-19(24)25/h4-7,10,12,21H,3,8-9,11H2,1-2H3,(H,23,26)(H,24,25)/b22-13-. The van der Waals surface area contributed by atoms with Crippen molar-refractivity contribution in [3.8, 4) is 0 Å². The lowest BCUT2D eigenvalue weighted by Gasteiger charge is -2.16. The van der Waals surface area contributed by atoms with E-state index in [9.17, 15) is 18.0 Å². The number of hydrogen-bond donors (Lipinski definition) is 3. The molecular formula is C20H23N3O5S2. The van der Waals surface area contributed by atoms with E-state index in [0.717, 1.165) is 19.3 Å². The summed E-state index contributed by atoms with van der Waals surface area (Å²) in [6.45, 7) is 3.22. The van der Waals surface area contributed by atoms with E-state index >= 15 is 0 Å². The highest BCUT2D eigenvalue weighted by molar-refractivity contribution is 7.89. The second-order valence-electron chi connectivity index (χ2n) is 7.29. The quantitative estimate of drug-likeness (QED) is 0.442. The fourth-order valence-corrected chi connectivity index (χ4v) is 5.26. The Bertz CT molecular complexity index is 1090. The number of nitrogens with one attached hydrogen (secondary N) is 2. The minimum atomic E-state index is -3.90. The van der Waals surface area contributed by atoms with E-state index < -0.39 is 22.5 Å². The fourth-order valence-electron chi connectivity index (χ4n) is 3.19. The van der Waals surface area contributed by atoms with Crippen molar-refractivity contribution in [3.05, 3.63) is 51.2 Å². The number of benzene rings is 1. The van der Waals surface area contributed by atoms with Crippen LogP contribution in [0.3, 0.4) is 0 Å². The maximum atomic E-state index is 12.4.